The van der Waals surface area contributed by atoms with Crippen LogP contribution in [0.3, 0.4) is 0 Å². The summed E-state index contributed by atoms with van der Waals surface area (Å²) in [5.41, 5.74) is 3.10. The number of hydrogen-bond acceptors (Lipinski definition) is 1. The van der Waals surface area contributed by atoms with Gasteiger partial charge in [0.1, 0.15) is 8.07 Å². The first kappa shape index (κ1) is 18.3. The van der Waals surface area contributed by atoms with Crippen molar-refractivity contribution in [3.05, 3.63) is 115 Å². The van der Waals surface area contributed by atoms with Crippen LogP contribution in [0.4, 0.5) is 0 Å². The second kappa shape index (κ2) is 9.23. The quantitative estimate of drug-likeness (QED) is 0.284. The van der Waals surface area contributed by atoms with Gasteiger partial charge in [0.25, 0.3) is 0 Å². The molecule has 4 rings (SSSR count). The lowest BCUT2D eigenvalue weighted by Crippen LogP contribution is -2.09. The molecule has 0 saturated carbocycles. The minimum absolute atomic E-state index is 0.385. The molecule has 0 N–H and O–H groups in total. The highest BCUT2D eigenvalue weighted by atomic mass is 31.2. The monoisotopic (exact) mass is 388 g/mol. The zero-order valence-electron chi connectivity index (χ0n) is 15.4. The van der Waals surface area contributed by atoms with Crippen molar-refractivity contribution in [2.45, 2.75) is 24.9 Å². The van der Waals surface area contributed by atoms with Gasteiger partial charge in [-0.15, -0.1) is 37.1 Å². The summed E-state index contributed by atoms with van der Waals surface area (Å²) < 4.78 is 5.57. The topological polar surface area (TPSA) is 12.4 Å². The first-order valence-corrected chi connectivity index (χ1v) is 12.2. The molecule has 0 fully saturated rings. The van der Waals surface area contributed by atoms with Crippen LogP contribution in [-0.4, -0.2) is 5.66 Å². The van der Waals surface area contributed by atoms with Gasteiger partial charge in [-0.3, -0.25) is 0 Å². The number of benzene rings is 1. The van der Waals surface area contributed by atoms with Crippen molar-refractivity contribution < 1.29 is 0 Å². The van der Waals surface area contributed by atoms with E-state index < -0.39 is 15.8 Å². The summed E-state index contributed by atoms with van der Waals surface area (Å²) in [6.45, 7) is 0. The first-order valence-electron chi connectivity index (χ1n) is 9.51. The van der Waals surface area contributed by atoms with Gasteiger partial charge in [-0.25, -0.2) is 0 Å². The summed E-state index contributed by atoms with van der Waals surface area (Å²) in [7, 11) is -1.37. The largest absolute Gasteiger partial charge is 0.183 e. The van der Waals surface area contributed by atoms with E-state index in [0.717, 1.165) is 19.3 Å². The highest BCUT2D eigenvalue weighted by Gasteiger charge is 2.28. The van der Waals surface area contributed by atoms with Gasteiger partial charge in [0.2, 0.25) is 0 Å². The van der Waals surface area contributed by atoms with Crippen LogP contribution in [0.1, 0.15) is 19.3 Å². The van der Waals surface area contributed by atoms with Gasteiger partial charge in [-0.05, 0) is 6.42 Å². The molecule has 136 valence electrons. The average Bonchev–Trinajstić information content (AvgIpc) is 2.77. The molecule has 0 aromatic heterocycles. The number of allylic oxidation sites excluding steroid dienone is 12. The van der Waals surface area contributed by atoms with E-state index in [2.05, 4.69) is 103 Å². The van der Waals surface area contributed by atoms with Gasteiger partial charge < -0.3 is 0 Å². The molecule has 0 amide bonds. The fourth-order valence-corrected chi connectivity index (χ4v) is 8.42. The van der Waals surface area contributed by atoms with Crippen molar-refractivity contribution in [2.24, 2.45) is 4.52 Å². The van der Waals surface area contributed by atoms with Crippen molar-refractivity contribution >= 4 is 21.1 Å². The number of rotatable bonds is 5. The molecule has 1 aromatic carbocycles. The smallest absolute Gasteiger partial charge is 0.164 e. The minimum Gasteiger partial charge on any atom is -0.183 e. The molecule has 0 bridgehead atoms. The lowest BCUT2D eigenvalue weighted by atomic mass is 10.2. The van der Waals surface area contributed by atoms with Gasteiger partial charge in [0, 0.05) is 11.0 Å². The molecule has 0 aliphatic heterocycles. The summed E-state index contributed by atoms with van der Waals surface area (Å²) >= 11 is 0. The van der Waals surface area contributed by atoms with E-state index in [1.54, 1.807) is 0 Å². The summed E-state index contributed by atoms with van der Waals surface area (Å²) in [6, 6.07) is 10.9. The third kappa shape index (κ3) is 4.62. The second-order valence-electron chi connectivity index (χ2n) is 6.59. The van der Waals surface area contributed by atoms with Crippen molar-refractivity contribution in [3.63, 3.8) is 0 Å². The predicted molar refractivity (Wildman–Crippen MR) is 121 cm³/mol. The third-order valence-electron chi connectivity index (χ3n) is 4.62. The van der Waals surface area contributed by atoms with Gasteiger partial charge in [0.05, 0.1) is 11.3 Å². The fourth-order valence-electron chi connectivity index (χ4n) is 3.26. The van der Waals surface area contributed by atoms with Gasteiger partial charge in [0.15, 0.2) is 7.71 Å². The maximum Gasteiger partial charge on any atom is 0.164 e. The van der Waals surface area contributed by atoms with E-state index in [-0.39, 0.29) is 0 Å². The molecule has 1 aromatic rings. The van der Waals surface area contributed by atoms with Crippen molar-refractivity contribution in [1.29, 1.82) is 0 Å². The zero-order chi connectivity index (χ0) is 18.3. The SMILES string of the molecule is C1=C[C-]([P+](=NP(c2ccccc2)C2C=CCC=C2)[C-]2C=CCC=C2)C=CC1. The molecule has 0 saturated heterocycles. The Bertz CT molecular complexity index is 774. The molecule has 0 radical (unpaired) electrons. The van der Waals surface area contributed by atoms with E-state index in [1.165, 1.54) is 16.6 Å². The molecular formula is C24H24NP2-. The minimum atomic E-state index is -0.713. The van der Waals surface area contributed by atoms with Crippen molar-refractivity contribution in [2.75, 3.05) is 0 Å². The van der Waals surface area contributed by atoms with E-state index in [1.807, 2.05) is 0 Å². The Morgan fingerprint density at radius 1 is 0.741 bits per heavy atom. The molecular weight excluding hydrogens is 364 g/mol. The van der Waals surface area contributed by atoms with Crippen LogP contribution < -0.4 is 5.30 Å². The summed E-state index contributed by atoms with van der Waals surface area (Å²) in [5.74, 6) is 0. The van der Waals surface area contributed by atoms with Gasteiger partial charge >= 0.3 is 0 Å². The van der Waals surface area contributed by atoms with Crippen LogP contribution in [-0.2, 0) is 0 Å². The Kier molecular flexibility index (Phi) is 6.25. The molecule has 27 heavy (non-hydrogen) atoms. The Morgan fingerprint density at radius 2 is 1.26 bits per heavy atom. The number of hydrogen-bond donors (Lipinski definition) is 0. The summed E-state index contributed by atoms with van der Waals surface area (Å²) in [4.78, 5) is 0. The van der Waals surface area contributed by atoms with Gasteiger partial charge in [-0.2, -0.15) is 24.3 Å². The highest BCUT2D eigenvalue weighted by molar-refractivity contribution is 7.72. The Balaban J connectivity index is 1.76. The molecule has 1 atom stereocenters. The summed E-state index contributed by atoms with van der Waals surface area (Å²) in [5, 5.41) is 1.36. The van der Waals surface area contributed by atoms with Crippen LogP contribution >= 0.6 is 15.8 Å². The summed E-state index contributed by atoms with van der Waals surface area (Å²) in [6.07, 6.45) is 30.5. The molecule has 1 unspecified atom stereocenters. The Morgan fingerprint density at radius 3 is 1.81 bits per heavy atom. The maximum atomic E-state index is 5.57. The van der Waals surface area contributed by atoms with E-state index in [0.29, 0.717) is 5.66 Å². The third-order valence-corrected chi connectivity index (χ3v) is 9.41. The molecule has 3 aliphatic rings. The van der Waals surface area contributed by atoms with Crippen molar-refractivity contribution in [3.8, 4) is 0 Å². The Labute approximate surface area is 165 Å². The Hall–Kier alpha value is -2.07. The first-order chi connectivity index (χ1) is 13.4. The molecule has 3 heteroatoms. The molecule has 3 aliphatic carbocycles. The molecule has 1 nitrogen and oxygen atoms in total. The standard InChI is InChI=1S/C24H24NP2/c1-5-13-21(14-6-1)26(22-15-7-2-8-16-22)25-27(23-17-9-3-10-18-23)24-19-11-4-12-20-24/h1,5-20,22H,2-4H2/q-1. The lowest BCUT2D eigenvalue weighted by Gasteiger charge is -2.24. The maximum absolute atomic E-state index is 5.57. The van der Waals surface area contributed by atoms with Crippen molar-refractivity contribution in [1.82, 2.24) is 0 Å². The van der Waals surface area contributed by atoms with E-state index >= 15 is 0 Å². The van der Waals surface area contributed by atoms with Crippen LogP contribution in [0, 0.1) is 11.3 Å². The second-order valence-corrected chi connectivity index (χ2v) is 10.8. The normalized spacial score (nSPS) is 19.6. The van der Waals surface area contributed by atoms with E-state index in [4.69, 9.17) is 4.52 Å². The van der Waals surface area contributed by atoms with Gasteiger partial charge in [-0.1, -0.05) is 59.2 Å². The van der Waals surface area contributed by atoms with E-state index in [9.17, 15) is 0 Å². The van der Waals surface area contributed by atoms with Crippen LogP contribution in [0.25, 0.3) is 0 Å². The predicted octanol–water partition coefficient (Wildman–Crippen LogP) is 7.36. The highest BCUT2D eigenvalue weighted by Crippen LogP contribution is 2.60. The van der Waals surface area contributed by atoms with Crippen LogP contribution in [0.15, 0.2) is 108 Å². The number of nitrogens with zero attached hydrogens (tertiary/aromatic N) is 1. The molecule has 0 spiro atoms. The average molecular weight is 388 g/mol. The van der Waals surface area contributed by atoms with Crippen LogP contribution in [0.2, 0.25) is 0 Å². The fraction of sp³-hybridized carbons (Fsp3) is 0.167. The molecule has 0 heterocycles. The van der Waals surface area contributed by atoms with Crippen LogP contribution in [0.5, 0.6) is 0 Å². The zero-order valence-corrected chi connectivity index (χ0v) is 17.1. The lowest BCUT2D eigenvalue weighted by molar-refractivity contribution is 1.23.